The van der Waals surface area contributed by atoms with Gasteiger partial charge in [-0.05, 0) is 37.1 Å². The highest BCUT2D eigenvalue weighted by Gasteiger charge is 2.19. The molecule has 0 heterocycles. The van der Waals surface area contributed by atoms with E-state index < -0.39 is 12.2 Å². The fraction of sp³-hybridized carbons (Fsp3) is 0.333. The van der Waals surface area contributed by atoms with Crippen molar-refractivity contribution in [3.63, 3.8) is 0 Å². The normalized spacial score (nSPS) is 13.1. The van der Waals surface area contributed by atoms with Gasteiger partial charge in [0.25, 0.3) is 0 Å². The van der Waals surface area contributed by atoms with Crippen LogP contribution in [-0.2, 0) is 0 Å². The van der Waals surface area contributed by atoms with Gasteiger partial charge in [0.15, 0.2) is 0 Å². The number of hydrogen-bond donors (Lipinski definition) is 2. The molecule has 2 aromatic rings. The van der Waals surface area contributed by atoms with Gasteiger partial charge in [-0.25, -0.2) is 0 Å². The molecule has 0 aliphatic carbocycles. The number of aliphatic hydroxyl groups is 1. The first kappa shape index (κ1) is 17.4. The zero-order valence-electron chi connectivity index (χ0n) is 13.2. The van der Waals surface area contributed by atoms with E-state index >= 15 is 0 Å². The monoisotopic (exact) mass is 321 g/mol. The Bertz CT molecular complexity index is 595. The molecule has 0 aromatic heterocycles. The molecule has 0 bridgehead atoms. The maximum absolute atomic E-state index is 12.2. The molecule has 3 nitrogen and oxygen atoms in total. The Morgan fingerprint density at radius 2 is 1.57 bits per heavy atom. The molecule has 0 fully saturated rings. The summed E-state index contributed by atoms with van der Waals surface area (Å²) in [5.41, 5.74) is 1.08. The van der Waals surface area contributed by atoms with E-state index in [1.807, 2.05) is 30.3 Å². The Hall–Kier alpha value is -1.98. The molecule has 2 aromatic carbocycles. The Kier molecular flexibility index (Phi) is 5.69. The largest absolute Gasteiger partial charge is 0.435 e. The number of nitrogens with one attached hydrogen (secondary N) is 1. The molecular weight excluding hydrogens is 300 g/mol. The first-order chi connectivity index (χ1) is 10.8. The molecule has 5 heteroatoms. The van der Waals surface area contributed by atoms with Crippen LogP contribution in [0.5, 0.6) is 5.75 Å². The van der Waals surface area contributed by atoms with Crippen molar-refractivity contribution in [3.8, 4) is 5.75 Å². The Labute approximate surface area is 134 Å². The fourth-order valence-corrected chi connectivity index (χ4v) is 2.27. The van der Waals surface area contributed by atoms with E-state index in [-0.39, 0.29) is 11.8 Å². The third kappa shape index (κ3) is 5.62. The van der Waals surface area contributed by atoms with Crippen molar-refractivity contribution in [2.24, 2.45) is 0 Å². The summed E-state index contributed by atoms with van der Waals surface area (Å²) in [6.07, 6.45) is 0. The maximum atomic E-state index is 12.2. The van der Waals surface area contributed by atoms with E-state index in [0.717, 1.165) is 11.1 Å². The van der Waals surface area contributed by atoms with E-state index in [4.69, 9.17) is 0 Å². The van der Waals surface area contributed by atoms with Crippen molar-refractivity contribution in [2.45, 2.75) is 32.1 Å². The number of benzene rings is 2. The number of hydrogen-bond acceptors (Lipinski definition) is 3. The molecule has 2 rings (SSSR count). The van der Waals surface area contributed by atoms with Gasteiger partial charge in [-0.2, -0.15) is 8.78 Å². The van der Waals surface area contributed by atoms with Crippen LogP contribution in [0.2, 0.25) is 0 Å². The number of halogens is 2. The van der Waals surface area contributed by atoms with E-state index in [2.05, 4.69) is 10.1 Å². The molecule has 124 valence electrons. The van der Waals surface area contributed by atoms with Crippen molar-refractivity contribution in [1.29, 1.82) is 0 Å². The van der Waals surface area contributed by atoms with Crippen LogP contribution >= 0.6 is 0 Å². The molecule has 0 saturated carbocycles. The van der Waals surface area contributed by atoms with Crippen LogP contribution in [-0.4, -0.2) is 23.9 Å². The molecule has 0 radical (unpaired) electrons. The third-order valence-electron chi connectivity index (χ3n) is 3.31. The van der Waals surface area contributed by atoms with Gasteiger partial charge in [0.05, 0.1) is 11.6 Å². The second-order valence-corrected chi connectivity index (χ2v) is 5.98. The predicted octanol–water partition coefficient (Wildman–Crippen LogP) is 3.74. The highest BCUT2D eigenvalue weighted by Crippen LogP contribution is 2.25. The van der Waals surface area contributed by atoms with Crippen LogP contribution < -0.4 is 10.1 Å². The molecule has 2 N–H and O–H groups in total. The van der Waals surface area contributed by atoms with Gasteiger partial charge in [0.2, 0.25) is 0 Å². The second-order valence-electron chi connectivity index (χ2n) is 5.98. The lowest BCUT2D eigenvalue weighted by atomic mass is 9.97. The first-order valence-electron chi connectivity index (χ1n) is 7.41. The van der Waals surface area contributed by atoms with Crippen molar-refractivity contribution >= 4 is 0 Å². The van der Waals surface area contributed by atoms with Crippen LogP contribution in [0.3, 0.4) is 0 Å². The molecule has 0 aliphatic heterocycles. The number of alkyl halides is 2. The summed E-state index contributed by atoms with van der Waals surface area (Å²) in [7, 11) is 0. The minimum Gasteiger partial charge on any atom is -0.435 e. The summed E-state index contributed by atoms with van der Waals surface area (Å²) in [5, 5.41) is 13.3. The lowest BCUT2D eigenvalue weighted by Crippen LogP contribution is -2.37. The highest BCUT2D eigenvalue weighted by molar-refractivity contribution is 5.35. The van der Waals surface area contributed by atoms with Crippen LogP contribution in [0.1, 0.15) is 31.0 Å². The molecule has 0 aliphatic rings. The zero-order valence-corrected chi connectivity index (χ0v) is 13.2. The topological polar surface area (TPSA) is 41.5 Å². The summed E-state index contributed by atoms with van der Waals surface area (Å²) < 4.78 is 28.8. The molecule has 1 atom stereocenters. The average molecular weight is 321 g/mol. The van der Waals surface area contributed by atoms with E-state index in [1.165, 1.54) is 12.1 Å². The second kappa shape index (κ2) is 7.53. The van der Waals surface area contributed by atoms with Crippen molar-refractivity contribution < 1.29 is 18.6 Å². The van der Waals surface area contributed by atoms with Crippen molar-refractivity contribution in [1.82, 2.24) is 5.32 Å². The molecule has 0 spiro atoms. The minimum atomic E-state index is -2.83. The van der Waals surface area contributed by atoms with Gasteiger partial charge in [-0.1, -0.05) is 42.5 Å². The van der Waals surface area contributed by atoms with Gasteiger partial charge < -0.3 is 15.2 Å². The molecule has 0 amide bonds. The predicted molar refractivity (Wildman–Crippen MR) is 85.7 cm³/mol. The van der Waals surface area contributed by atoms with Crippen molar-refractivity contribution in [2.75, 3.05) is 6.54 Å². The van der Waals surface area contributed by atoms with Crippen LogP contribution in [0.15, 0.2) is 54.6 Å². The first-order valence-corrected chi connectivity index (χ1v) is 7.41. The van der Waals surface area contributed by atoms with Crippen LogP contribution in [0, 0.1) is 0 Å². The number of ether oxygens (including phenoxy) is 1. The van der Waals surface area contributed by atoms with Gasteiger partial charge >= 0.3 is 6.61 Å². The standard InChI is InChI=1S/C18H21F2NO2/c1-18(2,22)12-21-16(13-6-4-3-5-7-13)14-8-10-15(11-9-14)23-17(19)20/h3-11,16-17,21-22H,12H2,1-2H3. The Balaban J connectivity index is 2.22. The quantitative estimate of drug-likeness (QED) is 0.816. The van der Waals surface area contributed by atoms with Gasteiger partial charge in [0.1, 0.15) is 5.75 Å². The Morgan fingerprint density at radius 3 is 2.09 bits per heavy atom. The van der Waals surface area contributed by atoms with E-state index in [1.54, 1.807) is 26.0 Å². The van der Waals surface area contributed by atoms with Crippen LogP contribution in [0.25, 0.3) is 0 Å². The third-order valence-corrected chi connectivity index (χ3v) is 3.31. The summed E-state index contributed by atoms with van der Waals surface area (Å²) in [6, 6.07) is 16.1. The zero-order chi connectivity index (χ0) is 16.9. The smallest absolute Gasteiger partial charge is 0.387 e. The summed E-state index contributed by atoms with van der Waals surface area (Å²) in [5.74, 6) is 0.123. The summed E-state index contributed by atoms with van der Waals surface area (Å²) in [6.45, 7) is 1.00. The molecule has 0 saturated heterocycles. The van der Waals surface area contributed by atoms with Crippen LogP contribution in [0.4, 0.5) is 8.78 Å². The van der Waals surface area contributed by atoms with E-state index in [9.17, 15) is 13.9 Å². The molecule has 23 heavy (non-hydrogen) atoms. The van der Waals surface area contributed by atoms with Crippen molar-refractivity contribution in [3.05, 3.63) is 65.7 Å². The lowest BCUT2D eigenvalue weighted by molar-refractivity contribution is -0.0498. The summed E-state index contributed by atoms with van der Waals surface area (Å²) in [4.78, 5) is 0. The van der Waals surface area contributed by atoms with Gasteiger partial charge in [0, 0.05) is 6.54 Å². The van der Waals surface area contributed by atoms with E-state index in [0.29, 0.717) is 6.54 Å². The SMILES string of the molecule is CC(C)(O)CNC(c1ccccc1)c1ccc(OC(F)F)cc1. The summed E-state index contributed by atoms with van der Waals surface area (Å²) >= 11 is 0. The highest BCUT2D eigenvalue weighted by atomic mass is 19.3. The minimum absolute atomic E-state index is 0.123. The Morgan fingerprint density at radius 1 is 1.00 bits per heavy atom. The fourth-order valence-electron chi connectivity index (χ4n) is 2.27. The average Bonchev–Trinajstić information content (AvgIpc) is 2.48. The van der Waals surface area contributed by atoms with Gasteiger partial charge in [-0.15, -0.1) is 0 Å². The lowest BCUT2D eigenvalue weighted by Gasteiger charge is -2.25. The molecule has 1 unspecified atom stereocenters. The molecular formula is C18H21F2NO2. The number of rotatable bonds is 7. The van der Waals surface area contributed by atoms with Gasteiger partial charge in [-0.3, -0.25) is 0 Å². The maximum Gasteiger partial charge on any atom is 0.387 e.